The highest BCUT2D eigenvalue weighted by molar-refractivity contribution is 6.12. The van der Waals surface area contributed by atoms with E-state index in [1.54, 1.807) is 6.07 Å². The lowest BCUT2D eigenvalue weighted by Gasteiger charge is -2.22. The summed E-state index contributed by atoms with van der Waals surface area (Å²) in [5, 5.41) is 3.64. The fraction of sp³-hybridized carbons (Fsp3) is 0.273. The van der Waals surface area contributed by atoms with Gasteiger partial charge >= 0.3 is 0 Å². The smallest absolute Gasteiger partial charge is 0.256 e. The van der Waals surface area contributed by atoms with E-state index >= 15 is 0 Å². The second kappa shape index (κ2) is 7.66. The third kappa shape index (κ3) is 3.87. The lowest BCUT2D eigenvalue weighted by molar-refractivity contribution is 0.102. The van der Waals surface area contributed by atoms with Gasteiger partial charge in [0.2, 0.25) is 5.56 Å². The molecule has 0 atom stereocenters. The summed E-state index contributed by atoms with van der Waals surface area (Å²) >= 11 is 0. The minimum Gasteiger partial charge on any atom is -0.372 e. The minimum atomic E-state index is -0.282. The number of carbonyl (C=O) groups is 1. The van der Waals surface area contributed by atoms with E-state index in [4.69, 9.17) is 0 Å². The van der Waals surface area contributed by atoms with Crippen molar-refractivity contribution in [1.82, 2.24) is 4.98 Å². The fourth-order valence-electron chi connectivity index (χ4n) is 3.68. The number of hydrogen-bond donors (Lipinski definition) is 2. The third-order valence-corrected chi connectivity index (χ3v) is 5.09. The molecule has 2 aromatic carbocycles. The van der Waals surface area contributed by atoms with E-state index < -0.39 is 0 Å². The predicted octanol–water partition coefficient (Wildman–Crippen LogP) is 4.16. The van der Waals surface area contributed by atoms with E-state index in [2.05, 4.69) is 27.3 Å². The van der Waals surface area contributed by atoms with Gasteiger partial charge in [-0.25, -0.2) is 0 Å². The number of nitrogens with one attached hydrogen (secondary N) is 2. The number of hydrogen-bond acceptors (Lipinski definition) is 3. The van der Waals surface area contributed by atoms with Crippen LogP contribution in [0.4, 0.5) is 11.4 Å². The van der Waals surface area contributed by atoms with E-state index in [1.807, 2.05) is 30.3 Å². The summed E-state index contributed by atoms with van der Waals surface area (Å²) in [6.45, 7) is 2.18. The zero-order valence-corrected chi connectivity index (χ0v) is 15.2. The van der Waals surface area contributed by atoms with Crippen LogP contribution in [-0.4, -0.2) is 24.0 Å². The van der Waals surface area contributed by atoms with Crippen molar-refractivity contribution in [1.29, 1.82) is 0 Å². The van der Waals surface area contributed by atoms with Crippen LogP contribution in [0.3, 0.4) is 0 Å². The topological polar surface area (TPSA) is 65.2 Å². The second-order valence-electron chi connectivity index (χ2n) is 7.00. The first-order valence-corrected chi connectivity index (χ1v) is 9.49. The van der Waals surface area contributed by atoms with Crippen LogP contribution in [0.15, 0.2) is 59.4 Å². The third-order valence-electron chi connectivity index (χ3n) is 5.09. The number of amides is 1. The first-order chi connectivity index (χ1) is 13.2. The first kappa shape index (κ1) is 17.3. The second-order valence-corrected chi connectivity index (χ2v) is 7.00. The summed E-state index contributed by atoms with van der Waals surface area (Å²) < 4.78 is 0. The standard InChI is InChI=1S/C22H23N3O2/c26-21-15-19(18-7-3-4-8-20(18)24-21)22(27)23-16-9-11-17(12-10-16)25-13-5-1-2-6-14-25/h3-4,7-12,15H,1-2,5-6,13-14H2,(H,23,27)(H,24,26). The van der Waals surface area contributed by atoms with Gasteiger partial charge in [0.1, 0.15) is 0 Å². The molecule has 0 spiro atoms. The van der Waals surface area contributed by atoms with Crippen molar-refractivity contribution < 1.29 is 4.79 Å². The zero-order chi connectivity index (χ0) is 18.6. The number of nitrogens with zero attached hydrogens (tertiary/aromatic N) is 1. The Kier molecular flexibility index (Phi) is 4.92. The lowest BCUT2D eigenvalue weighted by atomic mass is 10.1. The molecule has 1 aromatic heterocycles. The molecule has 138 valence electrons. The van der Waals surface area contributed by atoms with Gasteiger partial charge in [-0.3, -0.25) is 9.59 Å². The molecule has 1 aliphatic heterocycles. The van der Waals surface area contributed by atoms with Crippen molar-refractivity contribution in [2.24, 2.45) is 0 Å². The van der Waals surface area contributed by atoms with Crippen molar-refractivity contribution in [3.8, 4) is 0 Å². The molecule has 1 fully saturated rings. The number of fused-ring (bicyclic) bond motifs is 1. The van der Waals surface area contributed by atoms with Crippen molar-refractivity contribution >= 4 is 28.2 Å². The molecule has 1 amide bonds. The number of aromatic amines is 1. The SMILES string of the molecule is O=C(Nc1ccc(N2CCCCCC2)cc1)c1cc(=O)[nH]c2ccccc12. The summed E-state index contributed by atoms with van der Waals surface area (Å²) in [6.07, 6.45) is 5.06. The minimum absolute atomic E-state index is 0.278. The Morgan fingerprint density at radius 2 is 1.63 bits per heavy atom. The van der Waals surface area contributed by atoms with Gasteiger partial charge in [-0.2, -0.15) is 0 Å². The van der Waals surface area contributed by atoms with Gasteiger partial charge in [0.25, 0.3) is 5.91 Å². The van der Waals surface area contributed by atoms with Crippen LogP contribution in [0, 0.1) is 0 Å². The molecule has 0 radical (unpaired) electrons. The molecule has 1 saturated heterocycles. The Hall–Kier alpha value is -3.08. The average Bonchev–Trinajstić information content (AvgIpc) is 2.97. The maximum Gasteiger partial charge on any atom is 0.256 e. The number of benzene rings is 2. The molecule has 0 saturated carbocycles. The number of para-hydroxylation sites is 1. The van der Waals surface area contributed by atoms with Crippen molar-refractivity contribution in [3.63, 3.8) is 0 Å². The van der Waals surface area contributed by atoms with Crippen LogP contribution >= 0.6 is 0 Å². The Bertz CT molecular complexity index is 1000. The molecule has 27 heavy (non-hydrogen) atoms. The Morgan fingerprint density at radius 3 is 2.37 bits per heavy atom. The number of rotatable bonds is 3. The van der Waals surface area contributed by atoms with Gasteiger partial charge < -0.3 is 15.2 Å². The number of anilines is 2. The molecular formula is C22H23N3O2. The summed E-state index contributed by atoms with van der Waals surface area (Å²) in [6, 6.07) is 16.6. The Labute approximate surface area is 158 Å². The molecule has 2 N–H and O–H groups in total. The number of H-pyrrole nitrogens is 1. The zero-order valence-electron chi connectivity index (χ0n) is 15.2. The Morgan fingerprint density at radius 1 is 0.926 bits per heavy atom. The van der Waals surface area contributed by atoms with E-state index in [9.17, 15) is 9.59 Å². The van der Waals surface area contributed by atoms with Crippen LogP contribution in [0.1, 0.15) is 36.0 Å². The lowest BCUT2D eigenvalue weighted by Crippen LogP contribution is -2.23. The highest BCUT2D eigenvalue weighted by Crippen LogP contribution is 2.22. The van der Waals surface area contributed by atoms with Crippen LogP contribution in [0.2, 0.25) is 0 Å². The average molecular weight is 361 g/mol. The van der Waals surface area contributed by atoms with Gasteiger partial charge in [-0.15, -0.1) is 0 Å². The monoisotopic (exact) mass is 361 g/mol. The highest BCUT2D eigenvalue weighted by atomic mass is 16.2. The summed E-state index contributed by atoms with van der Waals surface area (Å²) in [5.41, 5.74) is 2.67. The van der Waals surface area contributed by atoms with Crippen molar-refractivity contribution in [2.75, 3.05) is 23.3 Å². The molecular weight excluding hydrogens is 338 g/mol. The van der Waals surface area contributed by atoms with E-state index in [0.717, 1.165) is 24.2 Å². The van der Waals surface area contributed by atoms with Crippen molar-refractivity contribution in [2.45, 2.75) is 25.7 Å². The van der Waals surface area contributed by atoms with Gasteiger partial charge in [0, 0.05) is 41.4 Å². The van der Waals surface area contributed by atoms with Gasteiger partial charge in [0.05, 0.1) is 5.56 Å². The van der Waals surface area contributed by atoms with Crippen molar-refractivity contribution in [3.05, 3.63) is 70.5 Å². The maximum absolute atomic E-state index is 12.7. The number of carbonyl (C=O) groups excluding carboxylic acids is 1. The number of pyridine rings is 1. The molecule has 0 unspecified atom stereocenters. The highest BCUT2D eigenvalue weighted by Gasteiger charge is 2.13. The first-order valence-electron chi connectivity index (χ1n) is 9.49. The van der Waals surface area contributed by atoms with Crippen LogP contribution < -0.4 is 15.8 Å². The Balaban J connectivity index is 1.54. The largest absolute Gasteiger partial charge is 0.372 e. The maximum atomic E-state index is 12.7. The van der Waals surface area contributed by atoms with Gasteiger partial charge in [-0.1, -0.05) is 31.0 Å². The van der Waals surface area contributed by atoms with E-state index in [0.29, 0.717) is 11.1 Å². The normalized spacial score (nSPS) is 14.7. The molecule has 5 nitrogen and oxygen atoms in total. The molecule has 5 heteroatoms. The molecule has 0 aliphatic carbocycles. The van der Waals surface area contributed by atoms with Crippen LogP contribution in [0.25, 0.3) is 10.9 Å². The van der Waals surface area contributed by atoms with Gasteiger partial charge in [0.15, 0.2) is 0 Å². The molecule has 2 heterocycles. The van der Waals surface area contributed by atoms with E-state index in [-0.39, 0.29) is 11.5 Å². The predicted molar refractivity (Wildman–Crippen MR) is 110 cm³/mol. The number of aromatic nitrogens is 1. The molecule has 4 rings (SSSR count). The quantitative estimate of drug-likeness (QED) is 0.736. The van der Waals surface area contributed by atoms with Gasteiger partial charge in [-0.05, 0) is 43.2 Å². The molecule has 1 aliphatic rings. The van der Waals surface area contributed by atoms with E-state index in [1.165, 1.54) is 37.4 Å². The summed E-state index contributed by atoms with van der Waals surface area (Å²) in [4.78, 5) is 29.8. The van der Waals surface area contributed by atoms with Crippen LogP contribution in [-0.2, 0) is 0 Å². The fourth-order valence-corrected chi connectivity index (χ4v) is 3.68. The molecule has 3 aromatic rings. The molecule has 0 bridgehead atoms. The summed E-state index contributed by atoms with van der Waals surface area (Å²) in [7, 11) is 0. The summed E-state index contributed by atoms with van der Waals surface area (Å²) in [5.74, 6) is -0.278. The van der Waals surface area contributed by atoms with Crippen LogP contribution in [0.5, 0.6) is 0 Å².